The molecule has 7 nitrogen and oxygen atoms in total. The zero-order valence-corrected chi connectivity index (χ0v) is 16.9. The molecule has 0 saturated heterocycles. The van der Waals surface area contributed by atoms with Gasteiger partial charge in [0.1, 0.15) is 6.23 Å². The third kappa shape index (κ3) is 3.09. The molecular formula is C21H24F2N6O. The van der Waals surface area contributed by atoms with Crippen LogP contribution in [-0.2, 0) is 26.4 Å². The average Bonchev–Trinajstić information content (AvgIpc) is 3.43. The fourth-order valence-corrected chi connectivity index (χ4v) is 4.51. The van der Waals surface area contributed by atoms with Crippen LogP contribution in [0.5, 0.6) is 0 Å². The zero-order valence-electron chi connectivity index (χ0n) is 16.9. The first kappa shape index (κ1) is 19.2. The average molecular weight is 414 g/mol. The van der Waals surface area contributed by atoms with E-state index in [2.05, 4.69) is 15.3 Å². The minimum atomic E-state index is -2.59. The van der Waals surface area contributed by atoms with Gasteiger partial charge in [-0.3, -0.25) is 14.7 Å². The number of fused-ring (bicyclic) bond motifs is 2. The minimum absolute atomic E-state index is 0.00339. The lowest BCUT2D eigenvalue weighted by molar-refractivity contribution is 0.00913. The number of aryl methyl sites for hydroxylation is 1. The van der Waals surface area contributed by atoms with E-state index in [1.165, 1.54) is 0 Å². The molecule has 5 rings (SSSR count). The maximum absolute atomic E-state index is 14.0. The highest BCUT2D eigenvalue weighted by molar-refractivity contribution is 5.78. The summed E-state index contributed by atoms with van der Waals surface area (Å²) in [6.07, 6.45) is 1.78. The Morgan fingerprint density at radius 1 is 1.20 bits per heavy atom. The van der Waals surface area contributed by atoms with Gasteiger partial charge >= 0.3 is 0 Å². The number of aliphatic hydroxyl groups excluding tert-OH is 1. The van der Waals surface area contributed by atoms with Crippen molar-refractivity contribution < 1.29 is 13.9 Å². The summed E-state index contributed by atoms with van der Waals surface area (Å²) in [6, 6.07) is 3.47. The van der Waals surface area contributed by atoms with E-state index >= 15 is 0 Å². The predicted octanol–water partition coefficient (Wildman–Crippen LogP) is 3.14. The molecule has 1 atom stereocenters. The lowest BCUT2D eigenvalue weighted by Gasteiger charge is -2.30. The summed E-state index contributed by atoms with van der Waals surface area (Å²) >= 11 is 0. The second-order valence-corrected chi connectivity index (χ2v) is 8.03. The standard InChI is InChI=1S/C21H24F2N6O/c1-12(30)28-5-4-18-17(11-28)21(26-25-18)29-6-3-13-7-15(14-9-24-27(2)10-14)16(20(22)23)8-19(13)29/h7-10,12,20,30H,3-6,11H2,1-2H3,(H,25,26). The van der Waals surface area contributed by atoms with Crippen molar-refractivity contribution >= 4 is 11.5 Å². The normalized spacial score (nSPS) is 17.5. The fraction of sp³-hybridized carbons (Fsp3) is 0.429. The van der Waals surface area contributed by atoms with Gasteiger partial charge in [-0.1, -0.05) is 0 Å². The molecule has 0 aliphatic carbocycles. The largest absolute Gasteiger partial charge is 0.379 e. The van der Waals surface area contributed by atoms with Gasteiger partial charge in [-0.15, -0.1) is 0 Å². The first-order valence-electron chi connectivity index (χ1n) is 10.1. The van der Waals surface area contributed by atoms with Crippen molar-refractivity contribution in [1.29, 1.82) is 0 Å². The summed E-state index contributed by atoms with van der Waals surface area (Å²) < 4.78 is 29.6. The number of benzene rings is 1. The first-order chi connectivity index (χ1) is 14.4. The molecule has 0 amide bonds. The van der Waals surface area contributed by atoms with Gasteiger partial charge in [0.2, 0.25) is 0 Å². The van der Waals surface area contributed by atoms with E-state index in [0.717, 1.165) is 47.7 Å². The molecule has 0 saturated carbocycles. The second-order valence-electron chi connectivity index (χ2n) is 8.03. The van der Waals surface area contributed by atoms with Crippen LogP contribution in [0.15, 0.2) is 24.5 Å². The molecule has 2 aliphatic rings. The van der Waals surface area contributed by atoms with Crippen LogP contribution in [0.1, 0.15) is 35.7 Å². The Morgan fingerprint density at radius 3 is 2.73 bits per heavy atom. The molecule has 1 unspecified atom stereocenters. The molecule has 2 aliphatic heterocycles. The van der Waals surface area contributed by atoms with Crippen molar-refractivity contribution in [3.63, 3.8) is 0 Å². The van der Waals surface area contributed by atoms with Crippen LogP contribution in [0.3, 0.4) is 0 Å². The van der Waals surface area contributed by atoms with Crippen molar-refractivity contribution in [3.05, 3.63) is 46.9 Å². The van der Waals surface area contributed by atoms with Gasteiger partial charge in [-0.25, -0.2) is 8.78 Å². The van der Waals surface area contributed by atoms with Gasteiger partial charge in [-0.05, 0) is 36.6 Å². The van der Waals surface area contributed by atoms with Crippen molar-refractivity contribution in [3.8, 4) is 11.1 Å². The molecule has 9 heteroatoms. The number of aromatic nitrogens is 4. The number of hydrogen-bond acceptors (Lipinski definition) is 5. The van der Waals surface area contributed by atoms with Crippen LogP contribution < -0.4 is 4.90 Å². The van der Waals surface area contributed by atoms with Crippen LogP contribution in [0.2, 0.25) is 0 Å². The van der Waals surface area contributed by atoms with Crippen LogP contribution in [0.25, 0.3) is 11.1 Å². The fourth-order valence-electron chi connectivity index (χ4n) is 4.51. The molecule has 158 valence electrons. The zero-order chi connectivity index (χ0) is 21.0. The number of H-pyrrole nitrogens is 1. The van der Waals surface area contributed by atoms with E-state index in [0.29, 0.717) is 24.2 Å². The van der Waals surface area contributed by atoms with Crippen molar-refractivity contribution in [2.24, 2.45) is 7.05 Å². The Hall–Kier alpha value is -2.78. The minimum Gasteiger partial charge on any atom is -0.379 e. The van der Waals surface area contributed by atoms with Gasteiger partial charge in [0.15, 0.2) is 5.82 Å². The van der Waals surface area contributed by atoms with E-state index in [1.54, 1.807) is 37.1 Å². The van der Waals surface area contributed by atoms with Crippen molar-refractivity contribution in [2.45, 2.75) is 39.0 Å². The van der Waals surface area contributed by atoms with E-state index in [-0.39, 0.29) is 5.56 Å². The second kappa shape index (κ2) is 7.17. The van der Waals surface area contributed by atoms with Crippen LogP contribution in [-0.4, -0.2) is 49.3 Å². The van der Waals surface area contributed by atoms with Crippen molar-refractivity contribution in [1.82, 2.24) is 24.9 Å². The summed E-state index contributed by atoms with van der Waals surface area (Å²) in [7, 11) is 1.78. The van der Waals surface area contributed by atoms with E-state index in [4.69, 9.17) is 0 Å². The maximum Gasteiger partial charge on any atom is 0.264 e. The van der Waals surface area contributed by atoms with Gasteiger partial charge in [0.05, 0.1) is 6.20 Å². The highest BCUT2D eigenvalue weighted by Gasteiger charge is 2.31. The summed E-state index contributed by atoms with van der Waals surface area (Å²) in [4.78, 5) is 4.00. The molecule has 0 fully saturated rings. The number of halogens is 2. The van der Waals surface area contributed by atoms with Crippen LogP contribution in [0.4, 0.5) is 20.3 Å². The predicted molar refractivity (Wildman–Crippen MR) is 109 cm³/mol. The third-order valence-electron chi connectivity index (χ3n) is 6.12. The molecule has 0 spiro atoms. The highest BCUT2D eigenvalue weighted by Crippen LogP contribution is 2.43. The topological polar surface area (TPSA) is 73.2 Å². The SMILES string of the molecule is CC(O)N1CCc2[nH]nc(N3CCc4cc(-c5cnn(C)c5)c(C(F)F)cc43)c2C1. The van der Waals surface area contributed by atoms with E-state index in [1.807, 2.05) is 15.9 Å². The Labute approximate surface area is 172 Å². The number of nitrogens with zero attached hydrogens (tertiary/aromatic N) is 5. The molecule has 0 radical (unpaired) electrons. The molecule has 30 heavy (non-hydrogen) atoms. The third-order valence-corrected chi connectivity index (χ3v) is 6.12. The Morgan fingerprint density at radius 2 is 2.03 bits per heavy atom. The number of aliphatic hydroxyl groups is 1. The first-order valence-corrected chi connectivity index (χ1v) is 10.1. The van der Waals surface area contributed by atoms with Gasteiger partial charge < -0.3 is 10.0 Å². The number of anilines is 2. The lowest BCUT2D eigenvalue weighted by Crippen LogP contribution is -2.37. The monoisotopic (exact) mass is 414 g/mol. The highest BCUT2D eigenvalue weighted by atomic mass is 19.3. The summed E-state index contributed by atoms with van der Waals surface area (Å²) in [5.41, 5.74) is 5.12. The van der Waals surface area contributed by atoms with Crippen molar-refractivity contribution in [2.75, 3.05) is 18.0 Å². The Balaban J connectivity index is 1.56. The summed E-state index contributed by atoms with van der Waals surface area (Å²) in [5, 5.41) is 21.8. The number of aromatic amines is 1. The quantitative estimate of drug-likeness (QED) is 0.686. The molecule has 0 bridgehead atoms. The molecule has 4 heterocycles. The van der Waals surface area contributed by atoms with E-state index in [9.17, 15) is 13.9 Å². The Kier molecular flexibility index (Phi) is 4.59. The number of hydrogen-bond donors (Lipinski definition) is 2. The molecular weight excluding hydrogens is 390 g/mol. The Bertz CT molecular complexity index is 1090. The van der Waals surface area contributed by atoms with Crippen LogP contribution >= 0.6 is 0 Å². The number of nitrogens with one attached hydrogen (secondary N) is 1. The molecule has 2 N–H and O–H groups in total. The van der Waals surface area contributed by atoms with Gasteiger partial charge in [0.25, 0.3) is 6.43 Å². The summed E-state index contributed by atoms with van der Waals surface area (Å²) in [5.74, 6) is 0.767. The maximum atomic E-state index is 14.0. The number of alkyl halides is 2. The molecule has 3 aromatic rings. The van der Waals surface area contributed by atoms with Crippen LogP contribution in [0, 0.1) is 0 Å². The molecule has 2 aromatic heterocycles. The summed E-state index contributed by atoms with van der Waals surface area (Å²) in [6.45, 7) is 3.78. The molecule has 1 aromatic carbocycles. The lowest BCUT2D eigenvalue weighted by atomic mass is 9.98. The smallest absolute Gasteiger partial charge is 0.264 e. The van der Waals surface area contributed by atoms with E-state index < -0.39 is 12.7 Å². The number of rotatable bonds is 4. The van der Waals surface area contributed by atoms with Gasteiger partial charge in [-0.2, -0.15) is 10.2 Å². The van der Waals surface area contributed by atoms with Gasteiger partial charge in [0, 0.05) is 67.4 Å².